The Morgan fingerprint density at radius 2 is 1.67 bits per heavy atom. The Bertz CT molecular complexity index is 875. The van der Waals surface area contributed by atoms with Gasteiger partial charge in [-0.25, -0.2) is 0 Å². The largest absolute Gasteiger partial charge is 0.378 e. The van der Waals surface area contributed by atoms with Gasteiger partial charge in [-0.2, -0.15) is 9.97 Å². The van der Waals surface area contributed by atoms with Crippen molar-refractivity contribution < 1.29 is 4.92 Å². The molecule has 1 aromatic heterocycles. The lowest BCUT2D eigenvalue weighted by molar-refractivity contribution is -0.383. The molecular weight excluding hydrogens is 380 g/mol. The van der Waals surface area contributed by atoms with E-state index in [9.17, 15) is 10.1 Å². The van der Waals surface area contributed by atoms with E-state index in [-0.39, 0.29) is 11.5 Å². The molecule has 2 fully saturated rings. The lowest BCUT2D eigenvalue weighted by Crippen LogP contribution is -2.37. The minimum Gasteiger partial charge on any atom is -0.378 e. The van der Waals surface area contributed by atoms with E-state index < -0.39 is 4.92 Å². The molecule has 0 atom stereocenters. The van der Waals surface area contributed by atoms with E-state index >= 15 is 0 Å². The van der Waals surface area contributed by atoms with Gasteiger partial charge in [0.1, 0.15) is 0 Å². The zero-order valence-electron chi connectivity index (χ0n) is 17.5. The van der Waals surface area contributed by atoms with Crippen LogP contribution in [-0.2, 0) is 6.42 Å². The van der Waals surface area contributed by atoms with Gasteiger partial charge in [-0.3, -0.25) is 10.1 Å². The third-order valence-electron chi connectivity index (χ3n) is 6.41. The quantitative estimate of drug-likeness (QED) is 0.593. The second-order valence-electron chi connectivity index (χ2n) is 8.63. The number of anilines is 3. The molecule has 1 aromatic carbocycles. The van der Waals surface area contributed by atoms with Crippen molar-refractivity contribution in [1.29, 1.82) is 0 Å². The Labute approximate surface area is 177 Å². The number of hydrogen-bond donors (Lipinski definition) is 1. The van der Waals surface area contributed by atoms with Crippen molar-refractivity contribution in [3.8, 4) is 0 Å². The predicted molar refractivity (Wildman–Crippen MR) is 119 cm³/mol. The normalized spacial score (nSPS) is 18.6. The van der Waals surface area contributed by atoms with Gasteiger partial charge in [0.05, 0.1) is 4.92 Å². The van der Waals surface area contributed by atoms with Gasteiger partial charge in [-0.1, -0.05) is 37.3 Å². The summed E-state index contributed by atoms with van der Waals surface area (Å²) in [6.45, 7) is 5.44. The summed E-state index contributed by atoms with van der Waals surface area (Å²) in [5.74, 6) is 2.11. The highest BCUT2D eigenvalue weighted by molar-refractivity contribution is 5.71. The molecule has 0 bridgehead atoms. The molecule has 8 heteroatoms. The van der Waals surface area contributed by atoms with Gasteiger partial charge in [0.25, 0.3) is 0 Å². The first kappa shape index (κ1) is 20.4. The first-order valence-electron chi connectivity index (χ1n) is 10.9. The van der Waals surface area contributed by atoms with Crippen molar-refractivity contribution in [3.63, 3.8) is 0 Å². The first-order chi connectivity index (χ1) is 14.5. The fourth-order valence-corrected chi connectivity index (χ4v) is 4.49. The number of aromatic nitrogens is 2. The molecule has 8 nitrogen and oxygen atoms in total. The minimum absolute atomic E-state index is 0.0370. The molecule has 2 aliphatic rings. The van der Waals surface area contributed by atoms with E-state index in [0.717, 1.165) is 58.3 Å². The summed E-state index contributed by atoms with van der Waals surface area (Å²) < 4.78 is 0. The fourth-order valence-electron chi connectivity index (χ4n) is 4.49. The topological polar surface area (TPSA) is 101 Å². The van der Waals surface area contributed by atoms with Crippen LogP contribution in [-0.4, -0.2) is 41.1 Å². The zero-order chi connectivity index (χ0) is 21.1. The van der Waals surface area contributed by atoms with Crippen LogP contribution in [0.1, 0.15) is 38.2 Å². The highest BCUT2D eigenvalue weighted by Gasteiger charge is 2.31. The lowest BCUT2D eigenvalue weighted by atomic mass is 9.90. The van der Waals surface area contributed by atoms with Gasteiger partial charge in [0, 0.05) is 26.2 Å². The number of benzene rings is 1. The Hall–Kier alpha value is -2.90. The molecule has 0 radical (unpaired) electrons. The van der Waals surface area contributed by atoms with Crippen LogP contribution in [0.4, 0.5) is 23.3 Å². The highest BCUT2D eigenvalue weighted by atomic mass is 16.6. The summed E-state index contributed by atoms with van der Waals surface area (Å²) in [5.41, 5.74) is 7.23. The Morgan fingerprint density at radius 1 is 1.03 bits per heavy atom. The SMILES string of the molecule is CC1CCN(c2nc(N)c([N+](=O)[O-])c(N3CCC(Cc4ccccc4)CC3)n2)CC1. The van der Waals surface area contributed by atoms with Gasteiger partial charge in [-0.15, -0.1) is 0 Å². The number of nitrogens with two attached hydrogens (primary N) is 1. The molecule has 0 spiro atoms. The van der Waals surface area contributed by atoms with Crippen LogP contribution in [0.15, 0.2) is 30.3 Å². The molecule has 0 saturated carbocycles. The summed E-state index contributed by atoms with van der Waals surface area (Å²) in [6, 6.07) is 10.5. The molecule has 0 amide bonds. The van der Waals surface area contributed by atoms with Crippen molar-refractivity contribution in [1.82, 2.24) is 9.97 Å². The van der Waals surface area contributed by atoms with E-state index in [0.29, 0.717) is 23.6 Å². The third kappa shape index (κ3) is 4.47. The van der Waals surface area contributed by atoms with E-state index in [1.54, 1.807) is 0 Å². The van der Waals surface area contributed by atoms with E-state index in [2.05, 4.69) is 46.1 Å². The zero-order valence-corrected chi connectivity index (χ0v) is 17.5. The summed E-state index contributed by atoms with van der Waals surface area (Å²) in [6.07, 6.45) is 5.14. The maximum Gasteiger partial charge on any atom is 0.353 e. The number of hydrogen-bond acceptors (Lipinski definition) is 7. The molecule has 30 heavy (non-hydrogen) atoms. The first-order valence-corrected chi connectivity index (χ1v) is 10.9. The second kappa shape index (κ2) is 8.85. The maximum absolute atomic E-state index is 11.7. The summed E-state index contributed by atoms with van der Waals surface area (Å²) in [7, 11) is 0. The van der Waals surface area contributed by atoms with Crippen molar-refractivity contribution in [3.05, 3.63) is 46.0 Å². The van der Waals surface area contributed by atoms with Gasteiger partial charge in [-0.05, 0) is 49.5 Å². The molecule has 2 aliphatic heterocycles. The van der Waals surface area contributed by atoms with Crippen LogP contribution in [0, 0.1) is 22.0 Å². The summed E-state index contributed by atoms with van der Waals surface area (Å²) >= 11 is 0. The standard InChI is InChI=1S/C22H30N6O2/c1-16-7-11-27(12-8-16)22-24-20(23)19(28(29)30)21(25-22)26-13-9-18(10-14-26)15-17-5-3-2-4-6-17/h2-6,16,18H,7-15H2,1H3,(H2,23,24,25). The van der Waals surface area contributed by atoms with Crippen LogP contribution < -0.4 is 15.5 Å². The molecule has 2 saturated heterocycles. The predicted octanol–water partition coefficient (Wildman–Crippen LogP) is 3.66. The molecule has 3 heterocycles. The molecule has 2 N–H and O–H groups in total. The number of rotatable bonds is 5. The average Bonchev–Trinajstić information content (AvgIpc) is 2.75. The molecule has 0 unspecified atom stereocenters. The molecule has 160 valence electrons. The Kier molecular flexibility index (Phi) is 6.01. The monoisotopic (exact) mass is 410 g/mol. The van der Waals surface area contributed by atoms with Crippen LogP contribution in [0.3, 0.4) is 0 Å². The molecule has 2 aromatic rings. The smallest absolute Gasteiger partial charge is 0.353 e. The van der Waals surface area contributed by atoms with Crippen molar-refractivity contribution in [2.45, 2.75) is 39.0 Å². The number of nitrogen functional groups attached to an aromatic ring is 1. The fraction of sp³-hybridized carbons (Fsp3) is 0.545. The van der Waals surface area contributed by atoms with Crippen LogP contribution in [0.5, 0.6) is 0 Å². The molecular formula is C22H30N6O2. The maximum atomic E-state index is 11.7. The third-order valence-corrected chi connectivity index (χ3v) is 6.41. The van der Waals surface area contributed by atoms with E-state index in [1.165, 1.54) is 5.56 Å². The molecule has 0 aliphatic carbocycles. The van der Waals surface area contributed by atoms with Gasteiger partial charge in [0.15, 0.2) is 0 Å². The van der Waals surface area contributed by atoms with E-state index in [1.807, 2.05) is 11.0 Å². The van der Waals surface area contributed by atoms with Crippen LogP contribution in [0.2, 0.25) is 0 Å². The van der Waals surface area contributed by atoms with Gasteiger partial charge >= 0.3 is 5.69 Å². The van der Waals surface area contributed by atoms with Crippen molar-refractivity contribution >= 4 is 23.3 Å². The van der Waals surface area contributed by atoms with Gasteiger partial charge in [0.2, 0.25) is 17.6 Å². The average molecular weight is 411 g/mol. The molecule has 4 rings (SSSR count). The van der Waals surface area contributed by atoms with Gasteiger partial charge < -0.3 is 15.5 Å². The van der Waals surface area contributed by atoms with Crippen LogP contribution in [0.25, 0.3) is 0 Å². The number of nitro groups is 1. The number of nitrogens with zero attached hydrogens (tertiary/aromatic N) is 5. The van der Waals surface area contributed by atoms with E-state index in [4.69, 9.17) is 5.73 Å². The number of piperidine rings is 2. The highest BCUT2D eigenvalue weighted by Crippen LogP contribution is 2.36. The summed E-state index contributed by atoms with van der Waals surface area (Å²) in [5, 5.41) is 11.7. The summed E-state index contributed by atoms with van der Waals surface area (Å²) in [4.78, 5) is 24.4. The minimum atomic E-state index is -0.442. The Morgan fingerprint density at radius 3 is 2.30 bits per heavy atom. The Balaban J connectivity index is 1.51. The second-order valence-corrected chi connectivity index (χ2v) is 8.63. The lowest BCUT2D eigenvalue weighted by Gasteiger charge is -2.34. The van der Waals surface area contributed by atoms with Crippen molar-refractivity contribution in [2.24, 2.45) is 11.8 Å². The van der Waals surface area contributed by atoms with Crippen LogP contribution >= 0.6 is 0 Å². The van der Waals surface area contributed by atoms with Crippen molar-refractivity contribution in [2.75, 3.05) is 41.7 Å².